The molecule has 21 heavy (non-hydrogen) atoms. The molecular weight excluding hydrogens is 294 g/mol. The van der Waals surface area contributed by atoms with Crippen LogP contribution in [0.2, 0.25) is 0 Å². The molecule has 0 aliphatic rings. The minimum atomic E-state index is -3.30. The largest absolute Gasteiger partial charge is 0.481 e. The van der Waals surface area contributed by atoms with Crippen LogP contribution in [0.5, 0.6) is 0 Å². The maximum absolute atomic E-state index is 12.1. The highest BCUT2D eigenvalue weighted by Crippen LogP contribution is 2.14. The number of carboxylic acids is 1. The molecule has 1 rings (SSSR count). The summed E-state index contributed by atoms with van der Waals surface area (Å²) in [6.45, 7) is 3.47. The first-order valence-corrected chi connectivity index (χ1v) is 8.25. The molecule has 0 heterocycles. The van der Waals surface area contributed by atoms with Crippen LogP contribution in [0.3, 0.4) is 0 Å². The molecule has 0 fully saturated rings. The van der Waals surface area contributed by atoms with E-state index in [1.807, 2.05) is 0 Å². The lowest BCUT2D eigenvalue weighted by molar-refractivity contribution is -0.137. The van der Waals surface area contributed by atoms with Crippen molar-refractivity contribution < 1.29 is 23.1 Å². The minimum absolute atomic E-state index is 0.0414. The molecule has 0 aromatic heterocycles. The van der Waals surface area contributed by atoms with Gasteiger partial charge in [0.15, 0.2) is 9.84 Å². The molecule has 6 nitrogen and oxygen atoms in total. The third-order valence-corrected chi connectivity index (χ3v) is 4.09. The molecule has 0 radical (unpaired) electrons. The number of carbonyl (C=O) groups is 2. The van der Waals surface area contributed by atoms with Gasteiger partial charge >= 0.3 is 5.97 Å². The Morgan fingerprint density at radius 2 is 1.71 bits per heavy atom. The quantitative estimate of drug-likeness (QED) is 0.828. The average molecular weight is 313 g/mol. The molecule has 2 N–H and O–H groups in total. The van der Waals surface area contributed by atoms with Crippen LogP contribution in [0.4, 0.5) is 0 Å². The van der Waals surface area contributed by atoms with E-state index in [2.05, 4.69) is 5.32 Å². The molecule has 116 valence electrons. The van der Waals surface area contributed by atoms with Gasteiger partial charge in [0.25, 0.3) is 5.91 Å². The van der Waals surface area contributed by atoms with E-state index in [4.69, 9.17) is 5.11 Å². The Bertz CT molecular complexity index is 632. The van der Waals surface area contributed by atoms with Crippen molar-refractivity contribution in [2.45, 2.75) is 37.1 Å². The lowest BCUT2D eigenvalue weighted by Gasteiger charge is -2.25. The number of hydrogen-bond acceptors (Lipinski definition) is 4. The van der Waals surface area contributed by atoms with Gasteiger partial charge in [-0.2, -0.15) is 0 Å². The Morgan fingerprint density at radius 3 is 2.14 bits per heavy atom. The standard InChI is InChI=1S/C14H19NO5S/c1-14(2,9-8-12(16)17)15-13(18)10-4-6-11(7-5-10)21(3,19)20/h4-7H,8-9H2,1-3H3,(H,15,18)(H,16,17). The summed E-state index contributed by atoms with van der Waals surface area (Å²) in [5.74, 6) is -1.29. The van der Waals surface area contributed by atoms with Crippen LogP contribution < -0.4 is 5.32 Å². The highest BCUT2D eigenvalue weighted by atomic mass is 32.2. The Kier molecular flexibility index (Phi) is 5.11. The molecule has 1 aromatic rings. The van der Waals surface area contributed by atoms with Gasteiger partial charge in [0.1, 0.15) is 0 Å². The molecule has 0 atom stereocenters. The van der Waals surface area contributed by atoms with Crippen LogP contribution in [0, 0.1) is 0 Å². The van der Waals surface area contributed by atoms with E-state index in [1.54, 1.807) is 13.8 Å². The van der Waals surface area contributed by atoms with Crippen molar-refractivity contribution in [3.8, 4) is 0 Å². The SMILES string of the molecule is CC(C)(CCC(=O)O)NC(=O)c1ccc(S(C)(=O)=O)cc1. The molecule has 1 aromatic carbocycles. The van der Waals surface area contributed by atoms with Crippen LogP contribution in [-0.2, 0) is 14.6 Å². The van der Waals surface area contributed by atoms with E-state index in [1.165, 1.54) is 24.3 Å². The second-order valence-electron chi connectivity index (χ2n) is 5.53. The van der Waals surface area contributed by atoms with Crippen LogP contribution in [0.25, 0.3) is 0 Å². The van der Waals surface area contributed by atoms with Gasteiger partial charge in [0.05, 0.1) is 4.90 Å². The molecule has 0 aliphatic carbocycles. The molecule has 0 saturated heterocycles. The monoisotopic (exact) mass is 313 g/mol. The van der Waals surface area contributed by atoms with E-state index < -0.39 is 21.3 Å². The number of sulfone groups is 1. The van der Waals surface area contributed by atoms with Crippen molar-refractivity contribution in [2.75, 3.05) is 6.26 Å². The Hall–Kier alpha value is -1.89. The molecule has 7 heteroatoms. The zero-order valence-electron chi connectivity index (χ0n) is 12.2. The fourth-order valence-electron chi connectivity index (χ4n) is 1.71. The third-order valence-electron chi connectivity index (χ3n) is 2.96. The number of hydrogen-bond donors (Lipinski definition) is 2. The average Bonchev–Trinajstić information content (AvgIpc) is 2.35. The normalized spacial score (nSPS) is 12.0. The van der Waals surface area contributed by atoms with Gasteiger partial charge in [-0.05, 0) is 44.5 Å². The molecule has 0 aliphatic heterocycles. The summed E-state index contributed by atoms with van der Waals surface area (Å²) in [7, 11) is -3.30. The number of rotatable bonds is 6. The number of nitrogens with one attached hydrogen (secondary N) is 1. The lowest BCUT2D eigenvalue weighted by atomic mass is 9.98. The molecular formula is C14H19NO5S. The number of amides is 1. The maximum Gasteiger partial charge on any atom is 0.303 e. The van der Waals surface area contributed by atoms with E-state index >= 15 is 0 Å². The topological polar surface area (TPSA) is 101 Å². The van der Waals surface area contributed by atoms with Crippen LogP contribution >= 0.6 is 0 Å². The molecule has 0 spiro atoms. The Balaban J connectivity index is 2.78. The summed E-state index contributed by atoms with van der Waals surface area (Å²) in [4.78, 5) is 22.8. The lowest BCUT2D eigenvalue weighted by Crippen LogP contribution is -2.43. The van der Waals surface area contributed by atoms with Crippen molar-refractivity contribution in [3.05, 3.63) is 29.8 Å². The van der Waals surface area contributed by atoms with E-state index in [9.17, 15) is 18.0 Å². The minimum Gasteiger partial charge on any atom is -0.481 e. The van der Waals surface area contributed by atoms with Gasteiger partial charge in [-0.15, -0.1) is 0 Å². The number of carboxylic acid groups (broad SMARTS) is 1. The number of carbonyl (C=O) groups excluding carboxylic acids is 1. The van der Waals surface area contributed by atoms with Gasteiger partial charge in [-0.3, -0.25) is 9.59 Å². The number of benzene rings is 1. The van der Waals surface area contributed by atoms with Crippen LogP contribution in [0.15, 0.2) is 29.2 Å². The summed E-state index contributed by atoms with van der Waals surface area (Å²) < 4.78 is 22.7. The second kappa shape index (κ2) is 6.26. The van der Waals surface area contributed by atoms with Crippen molar-refractivity contribution in [3.63, 3.8) is 0 Å². The summed E-state index contributed by atoms with van der Waals surface area (Å²) in [5, 5.41) is 11.4. The summed E-state index contributed by atoms with van der Waals surface area (Å²) >= 11 is 0. The smallest absolute Gasteiger partial charge is 0.303 e. The van der Waals surface area contributed by atoms with Crippen molar-refractivity contribution in [1.29, 1.82) is 0 Å². The van der Waals surface area contributed by atoms with Gasteiger partial charge in [0.2, 0.25) is 0 Å². The Morgan fingerprint density at radius 1 is 1.19 bits per heavy atom. The second-order valence-corrected chi connectivity index (χ2v) is 7.54. The van der Waals surface area contributed by atoms with Crippen molar-refractivity contribution in [1.82, 2.24) is 5.32 Å². The van der Waals surface area contributed by atoms with Gasteiger partial charge in [-0.1, -0.05) is 0 Å². The van der Waals surface area contributed by atoms with Gasteiger partial charge in [0, 0.05) is 23.8 Å². The maximum atomic E-state index is 12.1. The van der Waals surface area contributed by atoms with Crippen LogP contribution in [0.1, 0.15) is 37.0 Å². The third kappa shape index (κ3) is 5.55. The first-order valence-electron chi connectivity index (χ1n) is 6.36. The predicted octanol–water partition coefficient (Wildman–Crippen LogP) is 1.46. The van der Waals surface area contributed by atoms with Crippen molar-refractivity contribution >= 4 is 21.7 Å². The molecule has 0 bridgehead atoms. The van der Waals surface area contributed by atoms with E-state index in [0.717, 1.165) is 6.26 Å². The van der Waals surface area contributed by atoms with Crippen molar-refractivity contribution in [2.24, 2.45) is 0 Å². The van der Waals surface area contributed by atoms with E-state index in [0.29, 0.717) is 12.0 Å². The summed E-state index contributed by atoms with van der Waals surface area (Å²) in [5.41, 5.74) is -0.337. The van der Waals surface area contributed by atoms with Gasteiger partial charge in [-0.25, -0.2) is 8.42 Å². The molecule has 0 unspecified atom stereocenters. The fraction of sp³-hybridized carbons (Fsp3) is 0.429. The predicted molar refractivity (Wildman–Crippen MR) is 78.0 cm³/mol. The first kappa shape index (κ1) is 17.2. The molecule has 1 amide bonds. The van der Waals surface area contributed by atoms with E-state index in [-0.39, 0.29) is 17.2 Å². The van der Waals surface area contributed by atoms with Gasteiger partial charge < -0.3 is 10.4 Å². The summed E-state index contributed by atoms with van der Waals surface area (Å²) in [6.07, 6.45) is 1.35. The Labute approximate surface area is 124 Å². The highest BCUT2D eigenvalue weighted by molar-refractivity contribution is 7.90. The zero-order chi connectivity index (χ0) is 16.3. The first-order chi connectivity index (χ1) is 9.51. The zero-order valence-corrected chi connectivity index (χ0v) is 13.0. The summed E-state index contributed by atoms with van der Waals surface area (Å²) in [6, 6.07) is 5.60. The highest BCUT2D eigenvalue weighted by Gasteiger charge is 2.22. The fourth-order valence-corrected chi connectivity index (χ4v) is 2.35. The van der Waals surface area contributed by atoms with Crippen LogP contribution in [-0.4, -0.2) is 37.2 Å². The molecule has 0 saturated carbocycles. The number of aliphatic carboxylic acids is 1.